The van der Waals surface area contributed by atoms with Crippen LogP contribution >= 0.6 is 0 Å². The molecule has 5 heteroatoms. The topological polar surface area (TPSA) is 65.5 Å². The van der Waals surface area contributed by atoms with Gasteiger partial charge in [-0.2, -0.15) is 0 Å². The highest BCUT2D eigenvalue weighted by Gasteiger charge is 2.14. The number of amides is 1. The van der Waals surface area contributed by atoms with E-state index in [0.29, 0.717) is 12.0 Å². The molecule has 0 heterocycles. The Hall–Kier alpha value is -1.52. The summed E-state index contributed by atoms with van der Waals surface area (Å²) in [6.07, 6.45) is 6.35. The van der Waals surface area contributed by atoms with Crippen molar-refractivity contribution < 1.29 is 4.79 Å². The number of hydrogen-bond donors (Lipinski definition) is 3. The van der Waals surface area contributed by atoms with Crippen molar-refractivity contribution in [2.24, 2.45) is 4.99 Å². The molecule has 0 spiro atoms. The van der Waals surface area contributed by atoms with Crippen molar-refractivity contribution in [3.05, 3.63) is 12.2 Å². The van der Waals surface area contributed by atoms with Gasteiger partial charge in [0.2, 0.25) is 5.91 Å². The molecule has 1 rings (SSSR count). The molecular weight excluding hydrogens is 240 g/mol. The first-order valence-corrected chi connectivity index (χ1v) is 6.91. The lowest BCUT2D eigenvalue weighted by Gasteiger charge is -2.20. The Balaban J connectivity index is 2.45. The van der Waals surface area contributed by atoms with Crippen LogP contribution in [0, 0.1) is 0 Å². The number of nitrogens with zero attached hydrogens (tertiary/aromatic N) is 1. The first-order chi connectivity index (χ1) is 8.90. The molecule has 0 bridgehead atoms. The second-order valence-electron chi connectivity index (χ2n) is 5.78. The zero-order valence-electron chi connectivity index (χ0n) is 12.4. The lowest BCUT2D eigenvalue weighted by Crippen LogP contribution is -2.45. The van der Waals surface area contributed by atoms with E-state index in [9.17, 15) is 4.79 Å². The lowest BCUT2D eigenvalue weighted by molar-refractivity contribution is -0.121. The van der Waals surface area contributed by atoms with Gasteiger partial charge >= 0.3 is 0 Å². The molecule has 108 valence electrons. The summed E-state index contributed by atoms with van der Waals surface area (Å²) < 4.78 is 0. The molecule has 1 aliphatic carbocycles. The summed E-state index contributed by atoms with van der Waals surface area (Å²) in [5.41, 5.74) is -0.215. The molecule has 3 N–H and O–H groups in total. The number of hydrogen-bond acceptors (Lipinski definition) is 2. The van der Waals surface area contributed by atoms with Crippen LogP contribution < -0.4 is 16.0 Å². The molecule has 1 amide bonds. The molecule has 0 aromatic heterocycles. The summed E-state index contributed by atoms with van der Waals surface area (Å²) >= 11 is 0. The smallest absolute Gasteiger partial charge is 0.242 e. The first kappa shape index (κ1) is 15.5. The predicted octanol–water partition coefficient (Wildman–Crippen LogP) is 1.17. The number of carbonyl (C=O) groups is 1. The largest absolute Gasteiger partial charge is 0.357 e. The van der Waals surface area contributed by atoms with E-state index in [-0.39, 0.29) is 18.0 Å². The molecule has 1 aliphatic rings. The van der Waals surface area contributed by atoms with E-state index >= 15 is 0 Å². The molecule has 0 atom stereocenters. The van der Waals surface area contributed by atoms with Gasteiger partial charge in [-0.05, 0) is 40.5 Å². The third kappa shape index (κ3) is 6.84. The number of aliphatic imine (C=N–C) groups is 1. The Morgan fingerprint density at radius 2 is 1.95 bits per heavy atom. The van der Waals surface area contributed by atoms with Gasteiger partial charge in [0.05, 0.1) is 0 Å². The van der Waals surface area contributed by atoms with Crippen molar-refractivity contribution >= 4 is 11.9 Å². The van der Waals surface area contributed by atoms with Crippen molar-refractivity contribution in [2.45, 2.75) is 52.1 Å². The van der Waals surface area contributed by atoms with E-state index in [0.717, 1.165) is 19.4 Å². The molecule has 19 heavy (non-hydrogen) atoms. The summed E-state index contributed by atoms with van der Waals surface area (Å²) in [4.78, 5) is 16.0. The number of nitrogens with one attached hydrogen (secondary N) is 3. The average Bonchev–Trinajstić information content (AvgIpc) is 2.76. The Bertz CT molecular complexity index is 347. The standard InChI is InChI=1S/C14H26N4O/c1-5-15-13(17-11-8-6-7-9-11)16-10-12(19)18-14(2,3)4/h6-7,11H,5,8-10H2,1-4H3,(H,18,19)(H2,15,16,17). The van der Waals surface area contributed by atoms with Gasteiger partial charge in [0.1, 0.15) is 6.54 Å². The maximum absolute atomic E-state index is 11.7. The molecule has 0 aromatic carbocycles. The summed E-state index contributed by atoms with van der Waals surface area (Å²) in [7, 11) is 0. The van der Waals surface area contributed by atoms with Gasteiger partial charge < -0.3 is 16.0 Å². The number of carbonyl (C=O) groups excluding carboxylic acids is 1. The molecular formula is C14H26N4O. The van der Waals surface area contributed by atoms with Crippen molar-refractivity contribution in [1.29, 1.82) is 0 Å². The van der Waals surface area contributed by atoms with Crippen LogP contribution in [-0.2, 0) is 4.79 Å². The molecule has 0 aromatic rings. The average molecular weight is 266 g/mol. The van der Waals surface area contributed by atoms with Gasteiger partial charge in [-0.25, -0.2) is 4.99 Å². The second kappa shape index (κ2) is 7.16. The van der Waals surface area contributed by atoms with E-state index in [1.165, 1.54) is 0 Å². The lowest BCUT2D eigenvalue weighted by atomic mass is 10.1. The van der Waals surface area contributed by atoms with Crippen LogP contribution in [0.25, 0.3) is 0 Å². The maximum Gasteiger partial charge on any atom is 0.242 e. The minimum atomic E-state index is -0.215. The zero-order chi connectivity index (χ0) is 14.3. The Morgan fingerprint density at radius 1 is 1.32 bits per heavy atom. The van der Waals surface area contributed by atoms with Gasteiger partial charge in [-0.15, -0.1) is 0 Å². The van der Waals surface area contributed by atoms with Crippen LogP contribution in [0.4, 0.5) is 0 Å². The summed E-state index contributed by atoms with van der Waals surface area (Å²) in [5.74, 6) is 0.648. The Labute approximate surface area is 115 Å². The van der Waals surface area contributed by atoms with Crippen LogP contribution in [0.1, 0.15) is 40.5 Å². The van der Waals surface area contributed by atoms with Gasteiger partial charge in [0.25, 0.3) is 0 Å². The second-order valence-corrected chi connectivity index (χ2v) is 5.78. The summed E-state index contributed by atoms with van der Waals surface area (Å²) in [6.45, 7) is 8.83. The minimum absolute atomic E-state index is 0.0609. The third-order valence-electron chi connectivity index (χ3n) is 2.59. The highest BCUT2D eigenvalue weighted by Crippen LogP contribution is 2.08. The molecule has 0 unspecified atom stereocenters. The van der Waals surface area contributed by atoms with Gasteiger partial charge in [0.15, 0.2) is 5.96 Å². The fourth-order valence-corrected chi connectivity index (χ4v) is 1.86. The van der Waals surface area contributed by atoms with Crippen LogP contribution in [0.2, 0.25) is 0 Å². The van der Waals surface area contributed by atoms with E-state index in [4.69, 9.17) is 0 Å². The molecule has 0 saturated carbocycles. The van der Waals surface area contributed by atoms with Crippen LogP contribution in [0.5, 0.6) is 0 Å². The SMILES string of the molecule is CCNC(=NCC(=O)NC(C)(C)C)NC1CC=CC1. The van der Waals surface area contributed by atoms with Crippen molar-refractivity contribution in [2.75, 3.05) is 13.1 Å². The highest BCUT2D eigenvalue weighted by molar-refractivity contribution is 5.85. The van der Waals surface area contributed by atoms with E-state index in [2.05, 4.69) is 33.1 Å². The monoisotopic (exact) mass is 266 g/mol. The van der Waals surface area contributed by atoms with Crippen molar-refractivity contribution in [3.63, 3.8) is 0 Å². The van der Waals surface area contributed by atoms with Crippen molar-refractivity contribution in [1.82, 2.24) is 16.0 Å². The quantitative estimate of drug-likeness (QED) is 0.407. The zero-order valence-corrected chi connectivity index (χ0v) is 12.4. The number of guanidine groups is 1. The molecule has 0 radical (unpaired) electrons. The van der Waals surface area contributed by atoms with E-state index < -0.39 is 0 Å². The molecule has 0 aliphatic heterocycles. The van der Waals surface area contributed by atoms with E-state index in [1.54, 1.807) is 0 Å². The highest BCUT2D eigenvalue weighted by atomic mass is 16.2. The van der Waals surface area contributed by atoms with Crippen LogP contribution in [0.15, 0.2) is 17.1 Å². The van der Waals surface area contributed by atoms with Crippen molar-refractivity contribution in [3.8, 4) is 0 Å². The first-order valence-electron chi connectivity index (χ1n) is 6.91. The summed E-state index contributed by atoms with van der Waals surface area (Å²) in [6, 6.07) is 0.392. The fraction of sp³-hybridized carbons (Fsp3) is 0.714. The third-order valence-corrected chi connectivity index (χ3v) is 2.59. The normalized spacial score (nSPS) is 16.5. The molecule has 0 fully saturated rings. The van der Waals surface area contributed by atoms with Gasteiger partial charge in [-0.1, -0.05) is 12.2 Å². The van der Waals surface area contributed by atoms with E-state index in [1.807, 2.05) is 27.7 Å². The van der Waals surface area contributed by atoms with Crippen LogP contribution in [-0.4, -0.2) is 36.5 Å². The number of rotatable bonds is 4. The Morgan fingerprint density at radius 3 is 2.47 bits per heavy atom. The molecule has 5 nitrogen and oxygen atoms in total. The predicted molar refractivity (Wildman–Crippen MR) is 79.2 cm³/mol. The maximum atomic E-state index is 11.7. The van der Waals surface area contributed by atoms with Gasteiger partial charge in [-0.3, -0.25) is 4.79 Å². The minimum Gasteiger partial charge on any atom is -0.357 e. The summed E-state index contributed by atoms with van der Waals surface area (Å²) in [5, 5.41) is 9.39. The van der Waals surface area contributed by atoms with Gasteiger partial charge in [0, 0.05) is 18.1 Å². The Kier molecular flexibility index (Phi) is 5.86. The fourth-order valence-electron chi connectivity index (χ4n) is 1.86. The van der Waals surface area contributed by atoms with Crippen LogP contribution in [0.3, 0.4) is 0 Å². The molecule has 0 saturated heterocycles.